The van der Waals surface area contributed by atoms with Crippen LogP contribution in [0.1, 0.15) is 24.4 Å². The summed E-state index contributed by atoms with van der Waals surface area (Å²) < 4.78 is 16.2. The SMILES string of the molecule is COc1ccc(C(CN)NCC2CCCO2)c(Cl)c1OC. The second kappa shape index (κ2) is 7.84. The zero-order valence-corrected chi connectivity index (χ0v) is 13.3. The van der Waals surface area contributed by atoms with E-state index in [1.165, 1.54) is 0 Å². The first-order valence-electron chi connectivity index (χ1n) is 7.16. The molecule has 21 heavy (non-hydrogen) atoms. The number of rotatable bonds is 7. The van der Waals surface area contributed by atoms with E-state index in [4.69, 9.17) is 31.5 Å². The lowest BCUT2D eigenvalue weighted by atomic mass is 10.1. The third-order valence-corrected chi connectivity index (χ3v) is 4.13. The summed E-state index contributed by atoms with van der Waals surface area (Å²) >= 11 is 6.43. The molecular formula is C15H23ClN2O3. The molecule has 3 N–H and O–H groups in total. The van der Waals surface area contributed by atoms with Crippen molar-refractivity contribution < 1.29 is 14.2 Å². The van der Waals surface area contributed by atoms with E-state index < -0.39 is 0 Å². The van der Waals surface area contributed by atoms with E-state index in [1.54, 1.807) is 14.2 Å². The molecule has 1 fully saturated rings. The van der Waals surface area contributed by atoms with E-state index in [0.29, 0.717) is 23.1 Å². The van der Waals surface area contributed by atoms with Gasteiger partial charge in [-0.05, 0) is 24.5 Å². The minimum absolute atomic E-state index is 0.0403. The van der Waals surface area contributed by atoms with Gasteiger partial charge in [0, 0.05) is 25.7 Å². The van der Waals surface area contributed by atoms with E-state index in [-0.39, 0.29) is 12.1 Å². The second-order valence-electron chi connectivity index (χ2n) is 5.04. The number of methoxy groups -OCH3 is 2. The zero-order valence-electron chi connectivity index (χ0n) is 12.5. The molecule has 1 aromatic carbocycles. The van der Waals surface area contributed by atoms with E-state index in [2.05, 4.69) is 5.32 Å². The minimum Gasteiger partial charge on any atom is -0.493 e. The number of benzene rings is 1. The van der Waals surface area contributed by atoms with Crippen molar-refractivity contribution in [3.8, 4) is 11.5 Å². The van der Waals surface area contributed by atoms with Crippen LogP contribution in [-0.2, 0) is 4.74 Å². The van der Waals surface area contributed by atoms with Crippen molar-refractivity contribution in [2.24, 2.45) is 5.73 Å². The molecule has 0 radical (unpaired) electrons. The average molecular weight is 315 g/mol. The molecule has 2 atom stereocenters. The van der Waals surface area contributed by atoms with Crippen LogP contribution in [0, 0.1) is 0 Å². The van der Waals surface area contributed by atoms with Crippen molar-refractivity contribution in [2.75, 3.05) is 33.9 Å². The van der Waals surface area contributed by atoms with Crippen molar-refractivity contribution in [1.29, 1.82) is 0 Å². The van der Waals surface area contributed by atoms with Gasteiger partial charge in [-0.25, -0.2) is 0 Å². The lowest BCUT2D eigenvalue weighted by Crippen LogP contribution is -2.34. The average Bonchev–Trinajstić information content (AvgIpc) is 3.02. The van der Waals surface area contributed by atoms with Crippen LogP contribution in [0.4, 0.5) is 0 Å². The quantitative estimate of drug-likeness (QED) is 0.807. The normalized spacial score (nSPS) is 19.5. The summed E-state index contributed by atoms with van der Waals surface area (Å²) in [5, 5.41) is 3.96. The van der Waals surface area contributed by atoms with Crippen LogP contribution in [0.15, 0.2) is 12.1 Å². The number of hydrogen-bond donors (Lipinski definition) is 2. The molecule has 0 bridgehead atoms. The Morgan fingerprint density at radius 1 is 1.43 bits per heavy atom. The van der Waals surface area contributed by atoms with Gasteiger partial charge in [0.15, 0.2) is 11.5 Å². The topological polar surface area (TPSA) is 65.7 Å². The summed E-state index contributed by atoms with van der Waals surface area (Å²) in [6, 6.07) is 3.72. The molecule has 1 aliphatic rings. The largest absolute Gasteiger partial charge is 0.493 e. The Balaban J connectivity index is 2.13. The molecule has 1 aromatic rings. The third-order valence-electron chi connectivity index (χ3n) is 3.74. The second-order valence-corrected chi connectivity index (χ2v) is 5.41. The minimum atomic E-state index is -0.0403. The van der Waals surface area contributed by atoms with Crippen molar-refractivity contribution in [3.63, 3.8) is 0 Å². The highest BCUT2D eigenvalue weighted by Gasteiger charge is 2.21. The maximum Gasteiger partial charge on any atom is 0.179 e. The number of hydrogen-bond acceptors (Lipinski definition) is 5. The molecule has 1 saturated heterocycles. The standard InChI is InChI=1S/C15H23ClN2O3/c1-19-13-6-5-11(14(16)15(13)20-2)12(8-17)18-9-10-4-3-7-21-10/h5-6,10,12,18H,3-4,7-9,17H2,1-2H3. The predicted octanol–water partition coefficient (Wildman–Crippen LogP) is 2.13. The lowest BCUT2D eigenvalue weighted by Gasteiger charge is -2.22. The molecule has 2 unspecified atom stereocenters. The fraction of sp³-hybridized carbons (Fsp3) is 0.600. The summed E-state index contributed by atoms with van der Waals surface area (Å²) in [6.07, 6.45) is 2.47. The van der Waals surface area contributed by atoms with Crippen LogP contribution < -0.4 is 20.5 Å². The third kappa shape index (κ3) is 3.80. The Bertz CT molecular complexity index is 464. The van der Waals surface area contributed by atoms with Gasteiger partial charge in [-0.3, -0.25) is 0 Å². The van der Waals surface area contributed by atoms with Gasteiger partial charge < -0.3 is 25.3 Å². The highest BCUT2D eigenvalue weighted by molar-refractivity contribution is 6.33. The monoisotopic (exact) mass is 314 g/mol. The molecule has 6 heteroatoms. The predicted molar refractivity (Wildman–Crippen MR) is 83.3 cm³/mol. The van der Waals surface area contributed by atoms with Crippen molar-refractivity contribution >= 4 is 11.6 Å². The highest BCUT2D eigenvalue weighted by Crippen LogP contribution is 2.39. The van der Waals surface area contributed by atoms with Crippen LogP contribution in [0.5, 0.6) is 11.5 Å². The molecule has 0 spiro atoms. The number of halogens is 1. The first-order valence-corrected chi connectivity index (χ1v) is 7.54. The fourth-order valence-corrected chi connectivity index (χ4v) is 2.94. The Morgan fingerprint density at radius 3 is 2.81 bits per heavy atom. The van der Waals surface area contributed by atoms with Crippen molar-refractivity contribution in [3.05, 3.63) is 22.7 Å². The van der Waals surface area contributed by atoms with Gasteiger partial charge in [0.2, 0.25) is 0 Å². The summed E-state index contributed by atoms with van der Waals surface area (Å²) in [4.78, 5) is 0. The van der Waals surface area contributed by atoms with Gasteiger partial charge in [-0.2, -0.15) is 0 Å². The molecule has 0 amide bonds. The molecule has 0 saturated carbocycles. The lowest BCUT2D eigenvalue weighted by molar-refractivity contribution is 0.107. The number of nitrogens with two attached hydrogens (primary N) is 1. The van der Waals surface area contributed by atoms with Crippen LogP contribution in [0.25, 0.3) is 0 Å². The van der Waals surface area contributed by atoms with Crippen LogP contribution in [0.2, 0.25) is 5.02 Å². The molecular weight excluding hydrogens is 292 g/mol. The van der Waals surface area contributed by atoms with Crippen LogP contribution in [0.3, 0.4) is 0 Å². The molecule has 2 rings (SSSR count). The zero-order chi connectivity index (χ0) is 15.2. The maximum absolute atomic E-state index is 6.43. The summed E-state index contributed by atoms with van der Waals surface area (Å²) in [6.45, 7) is 2.06. The molecule has 1 aliphatic heterocycles. The van der Waals surface area contributed by atoms with Crippen molar-refractivity contribution in [2.45, 2.75) is 25.0 Å². The fourth-order valence-electron chi connectivity index (χ4n) is 2.57. The molecule has 0 aliphatic carbocycles. The summed E-state index contributed by atoms with van der Waals surface area (Å²) in [5.74, 6) is 1.15. The first-order chi connectivity index (χ1) is 10.2. The maximum atomic E-state index is 6.43. The van der Waals surface area contributed by atoms with E-state index in [0.717, 1.165) is 31.6 Å². The summed E-state index contributed by atoms with van der Waals surface area (Å²) in [7, 11) is 3.16. The molecule has 118 valence electrons. The Hall–Kier alpha value is -1.01. The van der Waals surface area contributed by atoms with Crippen LogP contribution >= 0.6 is 11.6 Å². The Labute approximate surface area is 130 Å². The van der Waals surface area contributed by atoms with Crippen LogP contribution in [-0.4, -0.2) is 40.0 Å². The van der Waals surface area contributed by atoms with Crippen molar-refractivity contribution in [1.82, 2.24) is 5.32 Å². The smallest absolute Gasteiger partial charge is 0.179 e. The highest BCUT2D eigenvalue weighted by atomic mass is 35.5. The number of ether oxygens (including phenoxy) is 3. The van der Waals surface area contributed by atoms with Gasteiger partial charge >= 0.3 is 0 Å². The first kappa shape index (κ1) is 16.4. The Morgan fingerprint density at radius 2 is 2.24 bits per heavy atom. The van der Waals surface area contributed by atoms with Gasteiger partial charge in [-0.15, -0.1) is 0 Å². The van der Waals surface area contributed by atoms with Gasteiger partial charge in [0.25, 0.3) is 0 Å². The van der Waals surface area contributed by atoms with E-state index in [1.807, 2.05) is 12.1 Å². The molecule has 1 heterocycles. The van der Waals surface area contributed by atoms with Gasteiger partial charge in [0.05, 0.1) is 25.3 Å². The number of nitrogens with one attached hydrogen (secondary N) is 1. The van der Waals surface area contributed by atoms with Gasteiger partial charge in [0.1, 0.15) is 0 Å². The Kier molecular flexibility index (Phi) is 6.11. The molecule has 5 nitrogen and oxygen atoms in total. The van der Waals surface area contributed by atoms with E-state index in [9.17, 15) is 0 Å². The summed E-state index contributed by atoms with van der Waals surface area (Å²) in [5.41, 5.74) is 6.80. The van der Waals surface area contributed by atoms with Gasteiger partial charge in [-0.1, -0.05) is 17.7 Å². The van der Waals surface area contributed by atoms with E-state index >= 15 is 0 Å². The molecule has 0 aromatic heterocycles.